The predicted octanol–water partition coefficient (Wildman–Crippen LogP) is 3.09. The summed E-state index contributed by atoms with van der Waals surface area (Å²) in [4.78, 5) is 31.2. The molecule has 3 aromatic rings. The molecule has 1 amide bonds. The van der Waals surface area contributed by atoms with Crippen LogP contribution in [0.1, 0.15) is 16.8 Å². The molecule has 0 atom stereocenters. The van der Waals surface area contributed by atoms with Gasteiger partial charge < -0.3 is 4.90 Å². The van der Waals surface area contributed by atoms with E-state index in [0.717, 1.165) is 11.8 Å². The molecule has 0 N–H and O–H groups in total. The van der Waals surface area contributed by atoms with Crippen molar-refractivity contribution in [1.29, 1.82) is 0 Å². The van der Waals surface area contributed by atoms with E-state index in [2.05, 4.69) is 4.98 Å². The molecule has 0 radical (unpaired) electrons. The van der Waals surface area contributed by atoms with E-state index in [0.29, 0.717) is 34.9 Å². The predicted molar refractivity (Wildman–Crippen MR) is 101 cm³/mol. The number of hydrogen-bond acceptors (Lipinski definition) is 3. The topological polar surface area (TPSA) is 54.7 Å². The Morgan fingerprint density at radius 3 is 2.85 bits per heavy atom. The first-order chi connectivity index (χ1) is 13.0. The Morgan fingerprint density at radius 1 is 1.22 bits per heavy atom. The zero-order chi connectivity index (χ0) is 19.0. The van der Waals surface area contributed by atoms with Gasteiger partial charge in [0.25, 0.3) is 5.56 Å². The van der Waals surface area contributed by atoms with Gasteiger partial charge in [-0.25, -0.2) is 9.37 Å². The molecule has 4 rings (SSSR count). The molecule has 0 saturated carbocycles. The molecule has 1 aromatic carbocycles. The maximum Gasteiger partial charge on any atom is 0.263 e. The summed E-state index contributed by atoms with van der Waals surface area (Å²) in [7, 11) is 0. The average molecular weight is 384 g/mol. The molecular weight excluding hydrogens is 369 g/mol. The Hall–Kier alpha value is -2.99. The van der Waals surface area contributed by atoms with E-state index in [9.17, 15) is 14.0 Å². The van der Waals surface area contributed by atoms with Gasteiger partial charge >= 0.3 is 0 Å². The van der Waals surface area contributed by atoms with E-state index in [1.807, 2.05) is 18.2 Å². The first kappa shape index (κ1) is 17.4. The Bertz CT molecular complexity index is 1140. The van der Waals surface area contributed by atoms with Crippen molar-refractivity contribution >= 4 is 29.2 Å². The first-order valence-corrected chi connectivity index (χ1v) is 8.82. The highest BCUT2D eigenvalue weighted by Gasteiger charge is 2.24. The monoisotopic (exact) mass is 383 g/mol. The number of nitrogens with zero attached hydrogens (tertiary/aromatic N) is 3. The fourth-order valence-electron chi connectivity index (χ4n) is 3.14. The lowest BCUT2D eigenvalue weighted by atomic mass is 10.1. The maximum absolute atomic E-state index is 13.5. The molecule has 1 aliphatic rings. The van der Waals surface area contributed by atoms with Gasteiger partial charge in [-0.2, -0.15) is 0 Å². The highest BCUT2D eigenvalue weighted by molar-refractivity contribution is 6.32. The van der Waals surface area contributed by atoms with Gasteiger partial charge in [-0.3, -0.25) is 14.0 Å². The molecule has 5 nitrogen and oxygen atoms in total. The fourth-order valence-corrected chi connectivity index (χ4v) is 3.34. The highest BCUT2D eigenvalue weighted by Crippen LogP contribution is 2.18. The molecule has 0 unspecified atom stereocenters. The molecule has 0 spiro atoms. The Labute approximate surface area is 159 Å². The summed E-state index contributed by atoms with van der Waals surface area (Å²) in [6, 6.07) is 9.96. The van der Waals surface area contributed by atoms with Gasteiger partial charge in [-0.15, -0.1) is 0 Å². The van der Waals surface area contributed by atoms with Crippen molar-refractivity contribution in [3.8, 4) is 0 Å². The lowest BCUT2D eigenvalue weighted by Crippen LogP contribution is -2.39. The van der Waals surface area contributed by atoms with Gasteiger partial charge in [0, 0.05) is 30.3 Å². The summed E-state index contributed by atoms with van der Waals surface area (Å²) in [5, 5.41) is 0.557. The van der Waals surface area contributed by atoms with Crippen LogP contribution >= 0.6 is 11.6 Å². The third kappa shape index (κ3) is 3.36. The van der Waals surface area contributed by atoms with Crippen LogP contribution in [0.2, 0.25) is 5.02 Å². The van der Waals surface area contributed by atoms with Crippen LogP contribution in [0.5, 0.6) is 0 Å². The zero-order valence-electron chi connectivity index (χ0n) is 14.2. The van der Waals surface area contributed by atoms with Gasteiger partial charge in [0.15, 0.2) is 0 Å². The van der Waals surface area contributed by atoms with E-state index in [4.69, 9.17) is 11.6 Å². The van der Waals surface area contributed by atoms with Crippen LogP contribution in [0.15, 0.2) is 53.5 Å². The van der Waals surface area contributed by atoms with E-state index in [1.54, 1.807) is 17.0 Å². The number of carbonyl (C=O) groups excluding carboxylic acids is 1. The Morgan fingerprint density at radius 2 is 2.04 bits per heavy atom. The van der Waals surface area contributed by atoms with Gasteiger partial charge in [0.1, 0.15) is 11.5 Å². The van der Waals surface area contributed by atoms with Crippen LogP contribution in [0.3, 0.4) is 0 Å². The fraction of sp³-hybridized carbons (Fsp3) is 0.150. The zero-order valence-corrected chi connectivity index (χ0v) is 15.0. The van der Waals surface area contributed by atoms with Crippen LogP contribution in [-0.4, -0.2) is 26.7 Å². The van der Waals surface area contributed by atoms with Crippen LogP contribution in [-0.2, 0) is 17.8 Å². The van der Waals surface area contributed by atoms with Crippen molar-refractivity contribution in [2.24, 2.45) is 0 Å². The lowest BCUT2D eigenvalue weighted by Gasteiger charge is -2.27. The van der Waals surface area contributed by atoms with Crippen molar-refractivity contribution in [3.05, 3.63) is 86.7 Å². The summed E-state index contributed by atoms with van der Waals surface area (Å²) in [6.07, 6.45) is 4.69. The van der Waals surface area contributed by atoms with Crippen molar-refractivity contribution in [3.63, 3.8) is 0 Å². The van der Waals surface area contributed by atoms with Crippen LogP contribution < -0.4 is 5.56 Å². The number of amides is 1. The Kier molecular flexibility index (Phi) is 4.49. The van der Waals surface area contributed by atoms with Crippen molar-refractivity contribution < 1.29 is 9.18 Å². The SMILES string of the molecule is O=C(C=Cc1ccccc1Cl)N1CCc2nc3ccc(F)cn3c(=O)c2C1. The Balaban J connectivity index is 1.62. The third-order valence-corrected chi connectivity index (χ3v) is 4.90. The molecule has 0 bridgehead atoms. The van der Waals surface area contributed by atoms with E-state index in [1.165, 1.54) is 22.6 Å². The van der Waals surface area contributed by atoms with E-state index in [-0.39, 0.29) is 18.0 Å². The molecule has 0 fully saturated rings. The summed E-state index contributed by atoms with van der Waals surface area (Å²) in [5.74, 6) is -0.734. The molecule has 0 saturated heterocycles. The minimum absolute atomic E-state index is 0.145. The first-order valence-electron chi connectivity index (χ1n) is 8.44. The van der Waals surface area contributed by atoms with E-state index < -0.39 is 5.82 Å². The van der Waals surface area contributed by atoms with E-state index >= 15 is 0 Å². The van der Waals surface area contributed by atoms with Crippen molar-refractivity contribution in [2.45, 2.75) is 13.0 Å². The molecule has 0 aliphatic carbocycles. The number of halogens is 2. The normalized spacial score (nSPS) is 13.9. The molecule has 3 heterocycles. The molecule has 27 heavy (non-hydrogen) atoms. The third-order valence-electron chi connectivity index (χ3n) is 4.56. The molecular formula is C20H15ClFN3O2. The lowest BCUT2D eigenvalue weighted by molar-refractivity contribution is -0.126. The summed E-state index contributed by atoms with van der Waals surface area (Å²) < 4.78 is 14.7. The summed E-state index contributed by atoms with van der Waals surface area (Å²) >= 11 is 6.09. The number of carbonyl (C=O) groups is 1. The minimum atomic E-state index is -0.516. The number of aromatic nitrogens is 2. The smallest absolute Gasteiger partial charge is 0.263 e. The second kappa shape index (κ2) is 6.96. The largest absolute Gasteiger partial charge is 0.334 e. The van der Waals surface area contributed by atoms with Gasteiger partial charge in [0.2, 0.25) is 5.91 Å². The second-order valence-electron chi connectivity index (χ2n) is 6.28. The second-order valence-corrected chi connectivity index (χ2v) is 6.69. The summed E-state index contributed by atoms with van der Waals surface area (Å²) in [6.45, 7) is 0.606. The molecule has 136 valence electrons. The average Bonchev–Trinajstić information content (AvgIpc) is 2.68. The molecule has 1 aliphatic heterocycles. The van der Waals surface area contributed by atoms with Gasteiger partial charge in [0.05, 0.1) is 17.8 Å². The number of pyridine rings is 1. The van der Waals surface area contributed by atoms with Gasteiger partial charge in [-0.1, -0.05) is 29.8 Å². The maximum atomic E-state index is 13.5. The van der Waals surface area contributed by atoms with Crippen LogP contribution in [0.4, 0.5) is 4.39 Å². The summed E-state index contributed by atoms with van der Waals surface area (Å²) in [5.41, 5.74) is 1.88. The van der Waals surface area contributed by atoms with Crippen molar-refractivity contribution in [2.75, 3.05) is 6.54 Å². The number of hydrogen-bond donors (Lipinski definition) is 0. The standard InChI is InChI=1S/C20H15ClFN3O2/c21-16-4-2-1-3-13(16)5-8-19(26)24-10-9-17-15(12-24)20(27)25-11-14(22)6-7-18(25)23-17/h1-8,11H,9-10,12H2. The number of fused-ring (bicyclic) bond motifs is 2. The molecule has 7 heteroatoms. The van der Waals surface area contributed by atoms with Gasteiger partial charge in [-0.05, 0) is 29.8 Å². The van der Waals surface area contributed by atoms with Crippen LogP contribution in [0.25, 0.3) is 11.7 Å². The number of benzene rings is 1. The highest BCUT2D eigenvalue weighted by atomic mass is 35.5. The number of rotatable bonds is 2. The van der Waals surface area contributed by atoms with Crippen LogP contribution in [0, 0.1) is 5.82 Å². The quantitative estimate of drug-likeness (QED) is 0.639. The van der Waals surface area contributed by atoms with Crippen molar-refractivity contribution in [1.82, 2.24) is 14.3 Å². The minimum Gasteiger partial charge on any atom is -0.334 e. The molecule has 2 aromatic heterocycles.